The molecule has 1 aliphatic carbocycles. The number of hydrogen-bond donors (Lipinski definition) is 0. The van der Waals surface area contributed by atoms with Crippen LogP contribution in [0.25, 0.3) is 0 Å². The maximum Gasteiger partial charge on any atom is 0.411 e. The van der Waals surface area contributed by atoms with Crippen LogP contribution in [0.3, 0.4) is 0 Å². The number of carbonyl (C=O) groups is 4. The van der Waals surface area contributed by atoms with Gasteiger partial charge in [-0.15, -0.1) is 0 Å². The fourth-order valence-corrected chi connectivity index (χ4v) is 4.80. The zero-order valence-electron chi connectivity index (χ0n) is 19.6. The lowest BCUT2D eigenvalue weighted by Gasteiger charge is -2.29. The molecule has 4 atom stereocenters. The van der Waals surface area contributed by atoms with Gasteiger partial charge in [0.25, 0.3) is 0 Å². The van der Waals surface area contributed by atoms with E-state index < -0.39 is 41.6 Å². The topological polar surface area (TPSA) is 90.0 Å². The van der Waals surface area contributed by atoms with Crippen LogP contribution >= 0.6 is 0 Å². The zero-order chi connectivity index (χ0) is 24.5. The lowest BCUT2D eigenvalue weighted by atomic mass is 9.76. The molecule has 2 aliphatic rings. The molecule has 2 aromatic rings. The van der Waals surface area contributed by atoms with E-state index in [2.05, 4.69) is 0 Å². The van der Waals surface area contributed by atoms with Gasteiger partial charge in [-0.3, -0.25) is 14.5 Å². The van der Waals surface area contributed by atoms with Crippen LogP contribution in [0.15, 0.2) is 60.7 Å². The molecule has 1 amide bonds. The van der Waals surface area contributed by atoms with Crippen molar-refractivity contribution in [2.75, 3.05) is 0 Å². The van der Waals surface area contributed by atoms with E-state index >= 15 is 0 Å². The van der Waals surface area contributed by atoms with Crippen molar-refractivity contribution < 1.29 is 28.7 Å². The summed E-state index contributed by atoms with van der Waals surface area (Å²) in [6.07, 6.45) is -0.411. The number of nitrogens with zero attached hydrogens (tertiary/aromatic N) is 1. The molecular formula is C27H29NO6. The van der Waals surface area contributed by atoms with Crippen molar-refractivity contribution in [3.05, 3.63) is 71.8 Å². The van der Waals surface area contributed by atoms with E-state index in [0.29, 0.717) is 5.56 Å². The number of Topliss-reactive ketones (excluding diaryl/α,β-unsaturated/α-hetero) is 2. The predicted molar refractivity (Wildman–Crippen MR) is 124 cm³/mol. The molecule has 7 nitrogen and oxygen atoms in total. The number of carbonyl (C=O) groups excluding carboxylic acids is 4. The Morgan fingerprint density at radius 1 is 0.941 bits per heavy atom. The lowest BCUT2D eigenvalue weighted by molar-refractivity contribution is -0.161. The van der Waals surface area contributed by atoms with Crippen molar-refractivity contribution in [2.24, 2.45) is 11.8 Å². The van der Waals surface area contributed by atoms with Gasteiger partial charge in [0.15, 0.2) is 11.6 Å². The Morgan fingerprint density at radius 2 is 1.56 bits per heavy atom. The van der Waals surface area contributed by atoms with Crippen LogP contribution in [0.1, 0.15) is 49.5 Å². The molecule has 2 fully saturated rings. The minimum atomic E-state index is -1.12. The minimum absolute atomic E-state index is 0.00909. The maximum absolute atomic E-state index is 13.2. The summed E-state index contributed by atoms with van der Waals surface area (Å²) in [4.78, 5) is 53.9. The van der Waals surface area contributed by atoms with E-state index in [4.69, 9.17) is 9.47 Å². The van der Waals surface area contributed by atoms with Gasteiger partial charge < -0.3 is 9.47 Å². The number of rotatable bonds is 5. The molecule has 7 heteroatoms. The van der Waals surface area contributed by atoms with Gasteiger partial charge in [-0.05, 0) is 39.2 Å². The molecule has 1 heterocycles. The van der Waals surface area contributed by atoms with Crippen molar-refractivity contribution >= 4 is 23.6 Å². The molecular weight excluding hydrogens is 434 g/mol. The molecule has 0 N–H and O–H groups in total. The van der Waals surface area contributed by atoms with Crippen molar-refractivity contribution in [1.29, 1.82) is 0 Å². The van der Waals surface area contributed by atoms with Gasteiger partial charge in [-0.2, -0.15) is 0 Å². The molecule has 4 rings (SSSR count). The van der Waals surface area contributed by atoms with Crippen molar-refractivity contribution in [2.45, 2.75) is 57.9 Å². The van der Waals surface area contributed by atoms with Gasteiger partial charge in [-0.1, -0.05) is 60.7 Å². The first-order chi connectivity index (χ1) is 16.2. The van der Waals surface area contributed by atoms with Gasteiger partial charge in [-0.25, -0.2) is 9.59 Å². The first kappa shape index (κ1) is 23.7. The molecule has 34 heavy (non-hydrogen) atoms. The molecule has 0 unspecified atom stereocenters. The second-order valence-corrected chi connectivity index (χ2v) is 9.85. The number of ketones is 2. The second-order valence-electron chi connectivity index (χ2n) is 9.85. The molecule has 178 valence electrons. The van der Waals surface area contributed by atoms with Crippen molar-refractivity contribution in [3.8, 4) is 0 Å². The van der Waals surface area contributed by atoms with Gasteiger partial charge in [0, 0.05) is 11.5 Å². The number of ether oxygens (including phenoxy) is 2. The molecule has 1 saturated heterocycles. The largest absolute Gasteiger partial charge is 0.458 e. The van der Waals surface area contributed by atoms with Crippen LogP contribution < -0.4 is 0 Å². The third-order valence-corrected chi connectivity index (χ3v) is 6.25. The minimum Gasteiger partial charge on any atom is -0.458 e. The molecule has 2 bridgehead atoms. The number of amides is 1. The van der Waals surface area contributed by atoms with Gasteiger partial charge in [0.1, 0.15) is 18.2 Å². The Labute approximate surface area is 199 Å². The van der Waals surface area contributed by atoms with Crippen LogP contribution in [-0.2, 0) is 25.7 Å². The maximum atomic E-state index is 13.2. The average molecular weight is 464 g/mol. The van der Waals surface area contributed by atoms with Crippen LogP contribution in [0, 0.1) is 11.8 Å². The first-order valence-corrected chi connectivity index (χ1v) is 11.5. The van der Waals surface area contributed by atoms with E-state index in [1.807, 2.05) is 36.4 Å². The highest BCUT2D eigenvalue weighted by Gasteiger charge is 2.59. The summed E-state index contributed by atoms with van der Waals surface area (Å²) < 4.78 is 11.1. The van der Waals surface area contributed by atoms with Gasteiger partial charge in [0.05, 0.1) is 12.0 Å². The summed E-state index contributed by atoms with van der Waals surface area (Å²) in [6, 6.07) is 16.0. The zero-order valence-corrected chi connectivity index (χ0v) is 19.6. The van der Waals surface area contributed by atoms with Crippen molar-refractivity contribution in [3.63, 3.8) is 0 Å². The quantitative estimate of drug-likeness (QED) is 0.488. The molecule has 0 spiro atoms. The van der Waals surface area contributed by atoms with Crippen LogP contribution in [0.4, 0.5) is 4.79 Å². The number of likely N-dealkylation sites (tertiary alicyclic amines) is 1. The Morgan fingerprint density at radius 3 is 2.18 bits per heavy atom. The van der Waals surface area contributed by atoms with E-state index in [1.165, 1.54) is 4.90 Å². The molecule has 0 aromatic heterocycles. The number of fused-ring (bicyclic) bond motifs is 2. The first-order valence-electron chi connectivity index (χ1n) is 11.5. The second kappa shape index (κ2) is 9.41. The highest BCUT2D eigenvalue weighted by Crippen LogP contribution is 2.43. The van der Waals surface area contributed by atoms with Crippen molar-refractivity contribution in [1.82, 2.24) is 4.90 Å². The third kappa shape index (κ3) is 4.88. The Kier molecular flexibility index (Phi) is 6.55. The molecule has 1 saturated carbocycles. The summed E-state index contributed by atoms with van der Waals surface area (Å²) in [5, 5.41) is 0. The number of esters is 1. The highest BCUT2D eigenvalue weighted by molar-refractivity contribution is 6.04. The fraction of sp³-hybridized carbons (Fsp3) is 0.407. The van der Waals surface area contributed by atoms with Crippen LogP contribution in [0.5, 0.6) is 0 Å². The standard InChI is InChI=1S/C27H29NO6/c1-27(2,3)34-25(31)22-20-14-19(23(29)18-12-8-5-9-13-18)15-21(24(20)30)28(22)26(32)33-16-17-10-6-4-7-11-17/h4-13,19-22H,14-16H2,1-3H3/t19-,20-,21-,22+/m1/s1. The fourth-order valence-electron chi connectivity index (χ4n) is 4.80. The van der Waals surface area contributed by atoms with E-state index in [-0.39, 0.29) is 31.0 Å². The lowest BCUT2D eigenvalue weighted by Crippen LogP contribution is -2.48. The Hall–Kier alpha value is -3.48. The van der Waals surface area contributed by atoms with E-state index in [1.54, 1.807) is 45.0 Å². The summed E-state index contributed by atoms with van der Waals surface area (Å²) in [6.45, 7) is 5.20. The number of benzene rings is 2. The summed E-state index contributed by atoms with van der Waals surface area (Å²) in [7, 11) is 0. The summed E-state index contributed by atoms with van der Waals surface area (Å²) in [5.41, 5.74) is 0.541. The van der Waals surface area contributed by atoms with Crippen LogP contribution in [0.2, 0.25) is 0 Å². The van der Waals surface area contributed by atoms with Gasteiger partial charge in [0.2, 0.25) is 0 Å². The summed E-state index contributed by atoms with van der Waals surface area (Å²) >= 11 is 0. The highest BCUT2D eigenvalue weighted by atomic mass is 16.6. The SMILES string of the molecule is CC(C)(C)OC(=O)[C@@H]1[C@H]2C[C@@H](C(=O)c3ccccc3)C[C@H](C2=O)N1C(=O)OCc1ccccc1. The van der Waals surface area contributed by atoms with E-state index in [9.17, 15) is 19.2 Å². The molecule has 0 radical (unpaired) electrons. The summed E-state index contributed by atoms with van der Waals surface area (Å²) in [5.74, 6) is -2.25. The predicted octanol–water partition coefficient (Wildman–Crippen LogP) is 4.20. The molecule has 1 aliphatic heterocycles. The molecule has 2 aromatic carbocycles. The Balaban J connectivity index is 1.60. The third-order valence-electron chi connectivity index (χ3n) is 6.25. The number of hydrogen-bond acceptors (Lipinski definition) is 6. The normalized spacial score (nSPS) is 24.0. The Bertz CT molecular complexity index is 1080. The average Bonchev–Trinajstić information content (AvgIpc) is 2.96. The van der Waals surface area contributed by atoms with Gasteiger partial charge >= 0.3 is 12.1 Å². The monoisotopic (exact) mass is 463 g/mol. The van der Waals surface area contributed by atoms with E-state index in [0.717, 1.165) is 5.56 Å². The smallest absolute Gasteiger partial charge is 0.411 e. The van der Waals surface area contributed by atoms with Crippen LogP contribution in [-0.4, -0.2) is 46.2 Å².